The van der Waals surface area contributed by atoms with Crippen LogP contribution in [0.25, 0.3) is 0 Å². The number of methoxy groups -OCH3 is 1. The molecule has 0 amide bonds. The standard InChI is InChI=1S/C30H38NO7P/c1-19-24(31)12-15-29-23-8-5-9-26(35-2)27(23)37-28(29)25(32)13-16-30(19,29)38-39(33,34)36-17-14-20-10-11-21-6-3-4-7-22(21)18-20/h3-10,19,24-25,28,32H,11-18,31H2,1-2H3,(H,33,34). The molecular weight excluding hydrogens is 517 g/mol. The van der Waals surface area contributed by atoms with Crippen LogP contribution in [-0.4, -0.2) is 47.6 Å². The Balaban J connectivity index is 1.28. The highest BCUT2D eigenvalue weighted by molar-refractivity contribution is 7.47. The first-order chi connectivity index (χ1) is 18.7. The van der Waals surface area contributed by atoms with Crippen LogP contribution in [0, 0.1) is 5.92 Å². The van der Waals surface area contributed by atoms with Gasteiger partial charge in [-0.3, -0.25) is 9.05 Å². The number of hydrogen-bond acceptors (Lipinski definition) is 7. The Morgan fingerprint density at radius 3 is 2.72 bits per heavy atom. The number of fused-ring (bicyclic) bond motifs is 2. The molecule has 0 saturated heterocycles. The summed E-state index contributed by atoms with van der Waals surface area (Å²) in [5.74, 6) is 0.828. The number of aliphatic hydroxyl groups excluding tert-OH is 1. The molecular formula is C30H38NO7P. The monoisotopic (exact) mass is 555 g/mol. The van der Waals surface area contributed by atoms with E-state index in [-0.39, 0.29) is 18.6 Å². The highest BCUT2D eigenvalue weighted by Crippen LogP contribution is 2.68. The first-order valence-corrected chi connectivity index (χ1v) is 15.4. The number of phosphoric acid groups is 1. The minimum absolute atomic E-state index is 0.0677. The summed E-state index contributed by atoms with van der Waals surface area (Å²) in [5, 5.41) is 11.1. The third-order valence-electron chi connectivity index (χ3n) is 9.68. The summed E-state index contributed by atoms with van der Waals surface area (Å²) in [6.07, 6.45) is 4.89. The van der Waals surface area contributed by atoms with Crippen molar-refractivity contribution in [3.05, 3.63) is 70.8 Å². The number of phosphoric ester groups is 1. The SMILES string of the molecule is COc1cccc2c1OC1C(O)CCC3(OP(=O)(O)OCCC4=CCc5ccccc5C4)C(C)C(N)CCC213. The van der Waals surface area contributed by atoms with Gasteiger partial charge in [-0.1, -0.05) is 55.0 Å². The number of allylic oxidation sites excluding steroid dienone is 1. The molecule has 210 valence electrons. The molecule has 39 heavy (non-hydrogen) atoms. The van der Waals surface area contributed by atoms with Gasteiger partial charge in [0.25, 0.3) is 0 Å². The molecule has 1 spiro atoms. The van der Waals surface area contributed by atoms with E-state index < -0.39 is 31.0 Å². The Kier molecular flexibility index (Phi) is 6.94. The molecule has 4 N–H and O–H groups in total. The normalized spacial score (nSPS) is 34.4. The molecule has 1 heterocycles. The van der Waals surface area contributed by atoms with E-state index in [2.05, 4.69) is 18.2 Å². The second-order valence-corrected chi connectivity index (χ2v) is 12.9. The number of ether oxygens (including phenoxy) is 2. The molecule has 0 aromatic heterocycles. The number of para-hydroxylation sites is 1. The summed E-state index contributed by atoms with van der Waals surface area (Å²) in [7, 11) is -2.94. The number of benzene rings is 2. The fraction of sp³-hybridized carbons (Fsp3) is 0.533. The lowest BCUT2D eigenvalue weighted by Crippen LogP contribution is -2.72. The first kappa shape index (κ1) is 27.0. The Morgan fingerprint density at radius 1 is 1.13 bits per heavy atom. The van der Waals surface area contributed by atoms with E-state index in [4.69, 9.17) is 24.3 Å². The zero-order valence-electron chi connectivity index (χ0n) is 22.5. The molecule has 3 aliphatic carbocycles. The maximum atomic E-state index is 13.6. The fourth-order valence-corrected chi connectivity index (χ4v) is 8.89. The molecule has 0 radical (unpaired) electrons. The van der Waals surface area contributed by atoms with Gasteiger partial charge >= 0.3 is 7.82 Å². The molecule has 2 fully saturated rings. The van der Waals surface area contributed by atoms with Crippen molar-refractivity contribution >= 4 is 7.82 Å². The molecule has 4 aliphatic rings. The van der Waals surface area contributed by atoms with E-state index in [9.17, 15) is 14.6 Å². The Hall–Kier alpha value is -2.19. The zero-order chi connectivity index (χ0) is 27.4. The van der Waals surface area contributed by atoms with Crippen molar-refractivity contribution < 1.29 is 33.1 Å². The first-order valence-electron chi connectivity index (χ1n) is 13.9. The van der Waals surface area contributed by atoms with Crippen molar-refractivity contribution in [3.63, 3.8) is 0 Å². The minimum Gasteiger partial charge on any atom is -0.493 e. The second kappa shape index (κ2) is 10.0. The number of hydrogen-bond donors (Lipinski definition) is 3. The summed E-state index contributed by atoms with van der Waals surface area (Å²) in [6.45, 7) is 2.04. The molecule has 7 unspecified atom stereocenters. The van der Waals surface area contributed by atoms with E-state index in [0.717, 1.165) is 18.4 Å². The van der Waals surface area contributed by atoms with Crippen LogP contribution >= 0.6 is 7.82 Å². The van der Waals surface area contributed by atoms with Gasteiger partial charge in [0, 0.05) is 17.5 Å². The van der Waals surface area contributed by atoms with Crippen LogP contribution in [0.5, 0.6) is 11.5 Å². The van der Waals surface area contributed by atoms with Gasteiger partial charge in [-0.2, -0.15) is 0 Å². The van der Waals surface area contributed by atoms with Crippen LogP contribution in [0.1, 0.15) is 55.7 Å². The quantitative estimate of drug-likeness (QED) is 0.335. The van der Waals surface area contributed by atoms with Crippen molar-refractivity contribution in [2.75, 3.05) is 13.7 Å². The lowest BCUT2D eigenvalue weighted by atomic mass is 9.49. The summed E-state index contributed by atoms with van der Waals surface area (Å²) in [5.41, 5.74) is 9.16. The second-order valence-electron chi connectivity index (χ2n) is 11.5. The van der Waals surface area contributed by atoms with Crippen molar-refractivity contribution in [1.82, 2.24) is 0 Å². The third kappa shape index (κ3) is 4.28. The molecule has 0 bridgehead atoms. The highest BCUT2D eigenvalue weighted by atomic mass is 31.2. The Labute approximate surface area is 229 Å². The summed E-state index contributed by atoms with van der Waals surface area (Å²) in [6, 6.07) is 13.8. The highest BCUT2D eigenvalue weighted by Gasteiger charge is 2.72. The van der Waals surface area contributed by atoms with E-state index in [1.807, 2.05) is 37.3 Å². The predicted octanol–water partition coefficient (Wildman–Crippen LogP) is 4.59. The van der Waals surface area contributed by atoms with Crippen LogP contribution in [0.3, 0.4) is 0 Å². The number of aliphatic hydroxyl groups is 1. The molecule has 8 nitrogen and oxygen atoms in total. The van der Waals surface area contributed by atoms with Gasteiger partial charge in [0.2, 0.25) is 0 Å². The maximum Gasteiger partial charge on any atom is 0.472 e. The zero-order valence-corrected chi connectivity index (χ0v) is 23.4. The van der Waals surface area contributed by atoms with E-state index in [1.165, 1.54) is 16.7 Å². The van der Waals surface area contributed by atoms with Crippen LogP contribution < -0.4 is 15.2 Å². The van der Waals surface area contributed by atoms with Crippen LogP contribution in [0.2, 0.25) is 0 Å². The van der Waals surface area contributed by atoms with Gasteiger partial charge < -0.3 is 25.2 Å². The molecule has 7 atom stereocenters. The summed E-state index contributed by atoms with van der Waals surface area (Å²) >= 11 is 0. The molecule has 6 rings (SSSR count). The number of rotatable bonds is 7. The van der Waals surface area contributed by atoms with Crippen molar-refractivity contribution in [3.8, 4) is 11.5 Å². The van der Waals surface area contributed by atoms with Crippen molar-refractivity contribution in [2.45, 2.75) is 81.1 Å². The molecule has 1 aliphatic heterocycles. The fourth-order valence-electron chi connectivity index (χ4n) is 7.68. The smallest absolute Gasteiger partial charge is 0.472 e. The van der Waals surface area contributed by atoms with E-state index in [1.54, 1.807) is 7.11 Å². The average molecular weight is 556 g/mol. The minimum atomic E-state index is -4.51. The molecule has 2 aromatic carbocycles. The Morgan fingerprint density at radius 2 is 1.92 bits per heavy atom. The van der Waals surface area contributed by atoms with Gasteiger partial charge in [0.1, 0.15) is 6.10 Å². The van der Waals surface area contributed by atoms with Gasteiger partial charge in [-0.25, -0.2) is 4.57 Å². The van der Waals surface area contributed by atoms with E-state index in [0.29, 0.717) is 43.6 Å². The lowest BCUT2D eigenvalue weighted by molar-refractivity contribution is -0.184. The topological polar surface area (TPSA) is 120 Å². The number of nitrogens with two attached hydrogens (primary N) is 1. The van der Waals surface area contributed by atoms with Gasteiger partial charge in [0.05, 0.1) is 30.8 Å². The summed E-state index contributed by atoms with van der Waals surface area (Å²) in [4.78, 5) is 11.1. The van der Waals surface area contributed by atoms with Gasteiger partial charge in [-0.05, 0) is 62.1 Å². The molecule has 9 heteroatoms. The average Bonchev–Trinajstić information content (AvgIpc) is 3.28. The van der Waals surface area contributed by atoms with E-state index >= 15 is 0 Å². The van der Waals surface area contributed by atoms with Crippen LogP contribution in [-0.2, 0) is 31.9 Å². The van der Waals surface area contributed by atoms with Crippen molar-refractivity contribution in [2.24, 2.45) is 11.7 Å². The van der Waals surface area contributed by atoms with Crippen LogP contribution in [0.15, 0.2) is 54.1 Å². The predicted molar refractivity (Wildman–Crippen MR) is 147 cm³/mol. The van der Waals surface area contributed by atoms with Crippen molar-refractivity contribution in [1.29, 1.82) is 0 Å². The van der Waals surface area contributed by atoms with Gasteiger partial charge in [0.15, 0.2) is 11.5 Å². The van der Waals surface area contributed by atoms with Crippen LogP contribution in [0.4, 0.5) is 0 Å². The molecule has 2 aromatic rings. The maximum absolute atomic E-state index is 13.6. The van der Waals surface area contributed by atoms with Gasteiger partial charge in [-0.15, -0.1) is 0 Å². The summed E-state index contributed by atoms with van der Waals surface area (Å²) < 4.78 is 37.6. The third-order valence-corrected chi connectivity index (χ3v) is 10.7. The Bertz CT molecular complexity index is 1330. The largest absolute Gasteiger partial charge is 0.493 e. The lowest BCUT2D eigenvalue weighted by Gasteiger charge is -2.61. The molecule has 2 saturated carbocycles.